The SMILES string of the molecule is Cc1nnc(CSc2ccc3ccccc3c2)o1. The summed E-state index contributed by atoms with van der Waals surface area (Å²) >= 11 is 1.71. The molecule has 0 saturated heterocycles. The molecular weight excluding hydrogens is 244 g/mol. The summed E-state index contributed by atoms with van der Waals surface area (Å²) in [4.78, 5) is 1.21. The van der Waals surface area contributed by atoms with Crippen LogP contribution in [0.25, 0.3) is 10.8 Å². The molecule has 0 amide bonds. The quantitative estimate of drug-likeness (QED) is 0.668. The van der Waals surface area contributed by atoms with Gasteiger partial charge in [-0.15, -0.1) is 22.0 Å². The van der Waals surface area contributed by atoms with Gasteiger partial charge in [0.2, 0.25) is 11.8 Å². The summed E-state index contributed by atoms with van der Waals surface area (Å²) in [5.41, 5.74) is 0. The molecule has 0 radical (unpaired) electrons. The Hall–Kier alpha value is -1.81. The van der Waals surface area contributed by atoms with Crippen molar-refractivity contribution in [2.24, 2.45) is 0 Å². The fourth-order valence-electron chi connectivity index (χ4n) is 1.80. The van der Waals surface area contributed by atoms with Gasteiger partial charge in [0.1, 0.15) is 0 Å². The molecule has 0 aliphatic rings. The second-order valence-corrected chi connectivity index (χ2v) is 5.06. The molecule has 3 nitrogen and oxygen atoms in total. The number of thioether (sulfide) groups is 1. The van der Waals surface area contributed by atoms with Crippen LogP contribution in [0.15, 0.2) is 51.8 Å². The second-order valence-electron chi connectivity index (χ2n) is 4.01. The van der Waals surface area contributed by atoms with E-state index < -0.39 is 0 Å². The molecule has 0 aliphatic heterocycles. The largest absolute Gasteiger partial charge is 0.425 e. The highest BCUT2D eigenvalue weighted by atomic mass is 32.2. The Bertz CT molecular complexity index is 678. The average molecular weight is 256 g/mol. The molecule has 0 unspecified atom stereocenters. The Labute approximate surface area is 109 Å². The molecule has 1 aromatic heterocycles. The Morgan fingerprint density at radius 2 is 1.89 bits per heavy atom. The summed E-state index contributed by atoms with van der Waals surface area (Å²) < 4.78 is 5.35. The zero-order valence-corrected chi connectivity index (χ0v) is 10.8. The van der Waals surface area contributed by atoms with Gasteiger partial charge in [0, 0.05) is 11.8 Å². The topological polar surface area (TPSA) is 38.9 Å². The van der Waals surface area contributed by atoms with E-state index in [2.05, 4.69) is 52.7 Å². The number of hydrogen-bond acceptors (Lipinski definition) is 4. The second kappa shape index (κ2) is 4.82. The van der Waals surface area contributed by atoms with E-state index in [1.165, 1.54) is 15.7 Å². The monoisotopic (exact) mass is 256 g/mol. The fraction of sp³-hybridized carbons (Fsp3) is 0.143. The van der Waals surface area contributed by atoms with Crippen molar-refractivity contribution in [3.63, 3.8) is 0 Å². The molecule has 0 spiro atoms. The minimum Gasteiger partial charge on any atom is -0.425 e. The lowest BCUT2D eigenvalue weighted by Gasteiger charge is -2.01. The summed E-state index contributed by atoms with van der Waals surface area (Å²) in [5.74, 6) is 1.99. The summed E-state index contributed by atoms with van der Waals surface area (Å²) in [6, 6.07) is 14.8. The maximum atomic E-state index is 5.35. The van der Waals surface area contributed by atoms with Crippen molar-refractivity contribution < 1.29 is 4.42 Å². The molecular formula is C14H12N2OS. The average Bonchev–Trinajstić information content (AvgIpc) is 2.82. The molecule has 0 atom stereocenters. The van der Waals surface area contributed by atoms with E-state index in [9.17, 15) is 0 Å². The third kappa shape index (κ3) is 2.38. The van der Waals surface area contributed by atoms with Gasteiger partial charge in [-0.25, -0.2) is 0 Å². The lowest BCUT2D eigenvalue weighted by Crippen LogP contribution is -1.81. The standard InChI is InChI=1S/C14H12N2OS/c1-10-15-16-14(17-10)9-18-13-7-6-11-4-2-3-5-12(11)8-13/h2-8H,9H2,1H3. The van der Waals surface area contributed by atoms with Crippen LogP contribution in [0, 0.1) is 6.92 Å². The van der Waals surface area contributed by atoms with Crippen molar-refractivity contribution in [1.29, 1.82) is 0 Å². The predicted molar refractivity (Wildman–Crippen MR) is 72.5 cm³/mol. The van der Waals surface area contributed by atoms with E-state index in [0.717, 1.165) is 0 Å². The van der Waals surface area contributed by atoms with Crippen molar-refractivity contribution in [2.45, 2.75) is 17.6 Å². The molecule has 90 valence electrons. The smallest absolute Gasteiger partial charge is 0.226 e. The lowest BCUT2D eigenvalue weighted by atomic mass is 10.1. The summed E-state index contributed by atoms with van der Waals surface area (Å²) in [6.07, 6.45) is 0. The van der Waals surface area contributed by atoms with Crippen LogP contribution in [-0.2, 0) is 5.75 Å². The van der Waals surface area contributed by atoms with E-state index in [4.69, 9.17) is 4.42 Å². The van der Waals surface area contributed by atoms with Gasteiger partial charge >= 0.3 is 0 Å². The van der Waals surface area contributed by atoms with Crippen LogP contribution in [0.5, 0.6) is 0 Å². The Kier molecular flexibility index (Phi) is 3.02. The van der Waals surface area contributed by atoms with Gasteiger partial charge in [-0.1, -0.05) is 30.3 Å². The van der Waals surface area contributed by atoms with Crippen molar-refractivity contribution >= 4 is 22.5 Å². The molecule has 18 heavy (non-hydrogen) atoms. The van der Waals surface area contributed by atoms with Crippen molar-refractivity contribution in [1.82, 2.24) is 10.2 Å². The van der Waals surface area contributed by atoms with Crippen molar-refractivity contribution in [3.05, 3.63) is 54.2 Å². The first-order valence-electron chi connectivity index (χ1n) is 5.72. The van der Waals surface area contributed by atoms with Crippen LogP contribution < -0.4 is 0 Å². The van der Waals surface area contributed by atoms with E-state index in [1.807, 2.05) is 0 Å². The third-order valence-electron chi connectivity index (χ3n) is 2.65. The number of rotatable bonds is 3. The number of aryl methyl sites for hydroxylation is 1. The lowest BCUT2D eigenvalue weighted by molar-refractivity contribution is 0.485. The number of hydrogen-bond donors (Lipinski definition) is 0. The predicted octanol–water partition coefficient (Wildman–Crippen LogP) is 3.82. The van der Waals surface area contributed by atoms with Gasteiger partial charge in [-0.05, 0) is 22.9 Å². The molecule has 1 heterocycles. The third-order valence-corrected chi connectivity index (χ3v) is 3.63. The Morgan fingerprint density at radius 1 is 1.06 bits per heavy atom. The normalized spacial score (nSPS) is 10.9. The minimum atomic E-state index is 0.615. The summed E-state index contributed by atoms with van der Waals surface area (Å²) in [7, 11) is 0. The molecule has 0 N–H and O–H groups in total. The first-order chi connectivity index (χ1) is 8.81. The van der Waals surface area contributed by atoms with Crippen LogP contribution in [0.2, 0.25) is 0 Å². The molecule has 0 saturated carbocycles. The summed E-state index contributed by atoms with van der Waals surface area (Å²) in [5, 5.41) is 10.3. The number of fused-ring (bicyclic) bond motifs is 1. The van der Waals surface area contributed by atoms with Gasteiger partial charge in [0.15, 0.2) is 0 Å². The van der Waals surface area contributed by atoms with Crippen LogP contribution in [0.4, 0.5) is 0 Å². The van der Waals surface area contributed by atoms with Crippen LogP contribution in [0.3, 0.4) is 0 Å². The first-order valence-corrected chi connectivity index (χ1v) is 6.70. The molecule has 2 aromatic carbocycles. The first kappa shape index (κ1) is 11.3. The Balaban J connectivity index is 1.78. The van der Waals surface area contributed by atoms with E-state index in [0.29, 0.717) is 17.5 Å². The molecule has 4 heteroatoms. The van der Waals surface area contributed by atoms with Gasteiger partial charge in [-0.2, -0.15) is 0 Å². The molecule has 0 bridgehead atoms. The number of nitrogens with zero attached hydrogens (tertiary/aromatic N) is 2. The Morgan fingerprint density at radius 3 is 2.67 bits per heavy atom. The van der Waals surface area contributed by atoms with Gasteiger partial charge in [0.25, 0.3) is 0 Å². The van der Waals surface area contributed by atoms with E-state index in [1.54, 1.807) is 18.7 Å². The molecule has 0 fully saturated rings. The highest BCUT2D eigenvalue weighted by molar-refractivity contribution is 7.98. The zero-order valence-electron chi connectivity index (χ0n) is 9.96. The van der Waals surface area contributed by atoms with Gasteiger partial charge in [-0.3, -0.25) is 0 Å². The molecule has 0 aliphatic carbocycles. The van der Waals surface area contributed by atoms with Gasteiger partial charge < -0.3 is 4.42 Å². The fourth-order valence-corrected chi connectivity index (χ4v) is 2.58. The highest BCUT2D eigenvalue weighted by Crippen LogP contribution is 2.26. The molecule has 3 aromatic rings. The minimum absolute atomic E-state index is 0.615. The number of aromatic nitrogens is 2. The highest BCUT2D eigenvalue weighted by Gasteiger charge is 2.03. The van der Waals surface area contributed by atoms with Crippen LogP contribution in [-0.4, -0.2) is 10.2 Å². The van der Waals surface area contributed by atoms with Crippen LogP contribution in [0.1, 0.15) is 11.8 Å². The molecule has 3 rings (SSSR count). The maximum Gasteiger partial charge on any atom is 0.226 e. The van der Waals surface area contributed by atoms with Gasteiger partial charge in [0.05, 0.1) is 5.75 Å². The van der Waals surface area contributed by atoms with Crippen molar-refractivity contribution in [2.75, 3.05) is 0 Å². The number of benzene rings is 2. The van der Waals surface area contributed by atoms with Crippen LogP contribution >= 0.6 is 11.8 Å². The summed E-state index contributed by atoms with van der Waals surface area (Å²) in [6.45, 7) is 1.80. The van der Waals surface area contributed by atoms with E-state index >= 15 is 0 Å². The zero-order chi connectivity index (χ0) is 12.4. The maximum absolute atomic E-state index is 5.35. The van der Waals surface area contributed by atoms with E-state index in [-0.39, 0.29) is 0 Å². The van der Waals surface area contributed by atoms with Crippen molar-refractivity contribution in [3.8, 4) is 0 Å².